The van der Waals surface area contributed by atoms with Gasteiger partial charge in [-0.1, -0.05) is 73.7 Å². The molecule has 0 aliphatic carbocycles. The van der Waals surface area contributed by atoms with Crippen LogP contribution in [-0.2, 0) is 12.1 Å². The number of aryl methyl sites for hydroxylation is 1. The van der Waals surface area contributed by atoms with Crippen LogP contribution < -0.4 is 4.90 Å². The van der Waals surface area contributed by atoms with Crippen LogP contribution >= 0.6 is 0 Å². The van der Waals surface area contributed by atoms with Crippen molar-refractivity contribution in [1.29, 1.82) is 0 Å². The van der Waals surface area contributed by atoms with Crippen LogP contribution in [-0.4, -0.2) is 28.6 Å². The van der Waals surface area contributed by atoms with E-state index < -0.39 is 5.72 Å². The van der Waals surface area contributed by atoms with E-state index in [2.05, 4.69) is 89.2 Å². The number of benzene rings is 3. The lowest BCUT2D eigenvalue weighted by atomic mass is 9.96. The summed E-state index contributed by atoms with van der Waals surface area (Å²) in [6.07, 6.45) is 5.66. The van der Waals surface area contributed by atoms with Crippen LogP contribution in [0.4, 0.5) is 5.69 Å². The monoisotopic (exact) mass is 411 g/mol. The summed E-state index contributed by atoms with van der Waals surface area (Å²) in [5, 5.41) is 12.1. The maximum Gasteiger partial charge on any atom is 0.275 e. The number of hydrogen-bond acceptors (Lipinski definition) is 2. The van der Waals surface area contributed by atoms with Gasteiger partial charge in [0.25, 0.3) is 11.6 Å². The maximum atomic E-state index is 12.1. The zero-order valence-corrected chi connectivity index (χ0v) is 18.3. The first-order chi connectivity index (χ1) is 15.2. The minimum atomic E-state index is -1.06. The molecule has 2 aliphatic rings. The Balaban J connectivity index is 1.55. The molecule has 0 radical (unpaired) electrons. The normalized spacial score (nSPS) is 21.2. The van der Waals surface area contributed by atoms with Gasteiger partial charge in [0.2, 0.25) is 0 Å². The van der Waals surface area contributed by atoms with Crippen molar-refractivity contribution >= 4 is 11.5 Å². The average molecular weight is 412 g/mol. The fraction of sp³-hybridized carbons (Fsp3) is 0.321. The topological polar surface area (TPSA) is 26.5 Å². The molecule has 0 unspecified atom stereocenters. The molecule has 0 fully saturated rings. The Morgan fingerprint density at radius 1 is 0.839 bits per heavy atom. The molecule has 5 rings (SSSR count). The van der Waals surface area contributed by atoms with E-state index in [0.29, 0.717) is 6.54 Å². The molecular weight excluding hydrogens is 380 g/mol. The van der Waals surface area contributed by atoms with Gasteiger partial charge in [-0.15, -0.1) is 0 Å². The number of amidine groups is 1. The Labute approximate surface area is 185 Å². The molecule has 3 aromatic rings. The van der Waals surface area contributed by atoms with Gasteiger partial charge >= 0.3 is 0 Å². The Morgan fingerprint density at radius 2 is 1.55 bits per heavy atom. The third kappa shape index (κ3) is 3.68. The minimum absolute atomic E-state index is 0.614. The molecule has 0 saturated carbocycles. The van der Waals surface area contributed by atoms with E-state index in [1.54, 1.807) is 0 Å². The van der Waals surface area contributed by atoms with Gasteiger partial charge in [-0.25, -0.2) is 0 Å². The first-order valence-electron chi connectivity index (χ1n) is 11.6. The third-order valence-corrected chi connectivity index (χ3v) is 6.79. The Bertz CT molecular complexity index is 1070. The summed E-state index contributed by atoms with van der Waals surface area (Å²) in [5.41, 5.74) is 4.66. The predicted molar refractivity (Wildman–Crippen MR) is 128 cm³/mol. The van der Waals surface area contributed by atoms with Crippen molar-refractivity contribution in [2.24, 2.45) is 0 Å². The molecule has 3 heteroatoms. The summed E-state index contributed by atoms with van der Waals surface area (Å²) < 4.78 is 2.41. The summed E-state index contributed by atoms with van der Waals surface area (Å²) in [4.78, 5) is 2.20. The fourth-order valence-electron chi connectivity index (χ4n) is 5.05. The first kappa shape index (κ1) is 20.0. The Hall–Kier alpha value is -2.91. The molecule has 1 atom stereocenters. The lowest BCUT2D eigenvalue weighted by Crippen LogP contribution is -2.47. The van der Waals surface area contributed by atoms with Gasteiger partial charge in [-0.05, 0) is 54.5 Å². The van der Waals surface area contributed by atoms with E-state index in [9.17, 15) is 5.11 Å². The van der Waals surface area contributed by atoms with Crippen LogP contribution in [0.5, 0.6) is 0 Å². The summed E-state index contributed by atoms with van der Waals surface area (Å²) in [5.74, 6) is 1.26. The molecule has 0 spiro atoms. The van der Waals surface area contributed by atoms with Crippen LogP contribution in [0.2, 0.25) is 0 Å². The molecular formula is C28H31N2O+. The molecule has 3 aromatic carbocycles. The summed E-state index contributed by atoms with van der Waals surface area (Å²) in [6, 6.07) is 27.6. The predicted octanol–water partition coefficient (Wildman–Crippen LogP) is 5.57. The fourth-order valence-corrected chi connectivity index (χ4v) is 5.05. The number of anilines is 1. The highest BCUT2D eigenvalue weighted by atomic mass is 16.3. The molecule has 2 heterocycles. The number of rotatable bonds is 4. The highest BCUT2D eigenvalue weighted by molar-refractivity contribution is 5.97. The van der Waals surface area contributed by atoms with Crippen LogP contribution in [0.25, 0.3) is 11.1 Å². The zero-order chi connectivity index (χ0) is 21.3. The SMILES string of the molecule is CCc1ccc(N2C3=[N+](CCCCC3)C[C@]2(O)c2ccc(-c3ccccc3)cc2)cc1. The number of nitrogens with zero attached hydrogens (tertiary/aromatic N) is 2. The second-order valence-electron chi connectivity index (χ2n) is 8.76. The Kier molecular flexibility index (Phi) is 5.37. The third-order valence-electron chi connectivity index (χ3n) is 6.79. The van der Waals surface area contributed by atoms with Crippen molar-refractivity contribution < 1.29 is 9.68 Å². The van der Waals surface area contributed by atoms with E-state index in [1.807, 2.05) is 6.07 Å². The highest BCUT2D eigenvalue weighted by Crippen LogP contribution is 2.38. The quantitative estimate of drug-likeness (QED) is 0.569. The van der Waals surface area contributed by atoms with Crippen LogP contribution in [0.3, 0.4) is 0 Å². The van der Waals surface area contributed by atoms with E-state index in [-0.39, 0.29) is 0 Å². The van der Waals surface area contributed by atoms with E-state index in [0.717, 1.165) is 30.6 Å². The lowest BCUT2D eigenvalue weighted by molar-refractivity contribution is -0.534. The van der Waals surface area contributed by atoms with Gasteiger partial charge in [0.15, 0.2) is 6.54 Å². The van der Waals surface area contributed by atoms with Gasteiger partial charge in [0, 0.05) is 12.0 Å². The van der Waals surface area contributed by atoms with E-state index in [1.165, 1.54) is 41.8 Å². The largest absolute Gasteiger partial charge is 0.346 e. The second-order valence-corrected chi connectivity index (χ2v) is 8.76. The van der Waals surface area contributed by atoms with Crippen molar-refractivity contribution in [1.82, 2.24) is 0 Å². The standard InChI is InChI=1S/C28H31N2O/c1-2-22-12-18-26(19-13-22)30-27-11-7-4-8-20-29(27)21-28(30,31)25-16-14-24(15-17-25)23-9-5-3-6-10-23/h3,5-6,9-10,12-19,31H,2,4,7-8,11,20-21H2,1H3/q+1/t28-/m0/s1. The molecule has 0 saturated heterocycles. The minimum Gasteiger partial charge on any atom is -0.346 e. The highest BCUT2D eigenvalue weighted by Gasteiger charge is 2.53. The van der Waals surface area contributed by atoms with Crippen LogP contribution in [0.15, 0.2) is 78.9 Å². The Morgan fingerprint density at radius 3 is 2.26 bits per heavy atom. The van der Waals surface area contributed by atoms with E-state index >= 15 is 0 Å². The molecule has 0 amide bonds. The molecule has 0 aromatic heterocycles. The van der Waals surface area contributed by atoms with Gasteiger partial charge in [-0.2, -0.15) is 4.90 Å². The maximum absolute atomic E-state index is 12.1. The average Bonchev–Trinajstić information content (AvgIpc) is 2.95. The van der Waals surface area contributed by atoms with Crippen molar-refractivity contribution in [2.75, 3.05) is 18.0 Å². The number of hydrogen-bond donors (Lipinski definition) is 1. The molecule has 0 bridgehead atoms. The number of aliphatic hydroxyl groups is 1. The van der Waals surface area contributed by atoms with Gasteiger partial charge < -0.3 is 5.11 Å². The molecule has 2 aliphatic heterocycles. The van der Waals surface area contributed by atoms with Crippen molar-refractivity contribution in [3.63, 3.8) is 0 Å². The molecule has 31 heavy (non-hydrogen) atoms. The lowest BCUT2D eigenvalue weighted by Gasteiger charge is -2.29. The van der Waals surface area contributed by atoms with Crippen molar-refractivity contribution in [2.45, 2.75) is 44.8 Å². The molecule has 3 nitrogen and oxygen atoms in total. The first-order valence-corrected chi connectivity index (χ1v) is 11.6. The second kappa shape index (κ2) is 8.32. The summed E-state index contributed by atoms with van der Waals surface area (Å²) in [7, 11) is 0. The van der Waals surface area contributed by atoms with Gasteiger partial charge in [0.05, 0.1) is 6.54 Å². The van der Waals surface area contributed by atoms with Crippen LogP contribution in [0.1, 0.15) is 43.7 Å². The molecule has 158 valence electrons. The zero-order valence-electron chi connectivity index (χ0n) is 18.3. The molecule has 1 N–H and O–H groups in total. The van der Waals surface area contributed by atoms with Crippen molar-refractivity contribution in [3.05, 3.63) is 90.0 Å². The summed E-state index contributed by atoms with van der Waals surface area (Å²) in [6.45, 7) is 3.81. The smallest absolute Gasteiger partial charge is 0.275 e. The summed E-state index contributed by atoms with van der Waals surface area (Å²) >= 11 is 0. The van der Waals surface area contributed by atoms with E-state index in [4.69, 9.17) is 0 Å². The van der Waals surface area contributed by atoms with Gasteiger partial charge in [-0.3, -0.25) is 4.58 Å². The van der Waals surface area contributed by atoms with Crippen LogP contribution in [0, 0.1) is 0 Å². The van der Waals surface area contributed by atoms with Gasteiger partial charge in [0.1, 0.15) is 5.69 Å². The van der Waals surface area contributed by atoms with Crippen molar-refractivity contribution in [3.8, 4) is 11.1 Å².